The summed E-state index contributed by atoms with van der Waals surface area (Å²) in [7, 11) is 0. The fraction of sp³-hybridized carbons (Fsp3) is 1.00. The van der Waals surface area contributed by atoms with E-state index in [0.717, 1.165) is 25.7 Å². The van der Waals surface area contributed by atoms with Crippen LogP contribution in [-0.4, -0.2) is 43.8 Å². The maximum absolute atomic E-state index is 6.01. The van der Waals surface area contributed by atoms with Crippen molar-refractivity contribution in [2.24, 2.45) is 17.6 Å². The van der Waals surface area contributed by atoms with Gasteiger partial charge in [-0.1, -0.05) is 6.92 Å². The quantitative estimate of drug-likeness (QED) is 0.744. The minimum atomic E-state index is 0.269. The van der Waals surface area contributed by atoms with Gasteiger partial charge in [0.1, 0.15) is 0 Å². The van der Waals surface area contributed by atoms with Crippen molar-refractivity contribution in [3.8, 4) is 0 Å². The highest BCUT2D eigenvalue weighted by atomic mass is 16.5. The largest absolute Gasteiger partial charge is 0.379 e. The Morgan fingerprint density at radius 3 is 2.87 bits per heavy atom. The van der Waals surface area contributed by atoms with Gasteiger partial charge in [0, 0.05) is 18.5 Å². The van der Waals surface area contributed by atoms with E-state index in [4.69, 9.17) is 10.5 Å². The average Bonchev–Trinajstić information content (AvgIpc) is 2.48. The normalized spacial score (nSPS) is 39.2. The second-order valence-corrected chi connectivity index (χ2v) is 5.30. The molecular formula is C12H24N2O. The average molecular weight is 212 g/mol. The molecule has 2 N–H and O–H groups in total. The van der Waals surface area contributed by atoms with Crippen molar-refractivity contribution in [2.75, 3.05) is 32.8 Å². The molecule has 0 amide bonds. The molecule has 3 nitrogen and oxygen atoms in total. The minimum Gasteiger partial charge on any atom is -0.379 e. The lowest BCUT2D eigenvalue weighted by Crippen LogP contribution is -2.39. The molecule has 0 aromatic heterocycles. The van der Waals surface area contributed by atoms with Crippen LogP contribution in [0.25, 0.3) is 0 Å². The van der Waals surface area contributed by atoms with Crippen LogP contribution in [0.3, 0.4) is 0 Å². The lowest BCUT2D eigenvalue weighted by atomic mass is 10.0. The number of nitrogens with zero attached hydrogens (tertiary/aromatic N) is 1. The van der Waals surface area contributed by atoms with E-state index in [-0.39, 0.29) is 6.04 Å². The van der Waals surface area contributed by atoms with Crippen LogP contribution in [0.15, 0.2) is 0 Å². The number of nitrogens with two attached hydrogens (primary N) is 1. The highest BCUT2D eigenvalue weighted by Crippen LogP contribution is 2.19. The number of rotatable bonds is 2. The van der Waals surface area contributed by atoms with Crippen molar-refractivity contribution < 1.29 is 4.74 Å². The van der Waals surface area contributed by atoms with Crippen LogP contribution in [0.4, 0.5) is 0 Å². The van der Waals surface area contributed by atoms with Crippen molar-refractivity contribution in [3.63, 3.8) is 0 Å². The second kappa shape index (κ2) is 5.28. The van der Waals surface area contributed by atoms with Crippen molar-refractivity contribution in [3.05, 3.63) is 0 Å². The first-order valence-corrected chi connectivity index (χ1v) is 6.31. The molecule has 2 fully saturated rings. The van der Waals surface area contributed by atoms with Gasteiger partial charge in [-0.3, -0.25) is 0 Å². The summed E-state index contributed by atoms with van der Waals surface area (Å²) in [4.78, 5) is 2.59. The van der Waals surface area contributed by atoms with Crippen LogP contribution in [0.1, 0.15) is 26.2 Å². The lowest BCUT2D eigenvalue weighted by Gasteiger charge is -2.24. The summed E-state index contributed by atoms with van der Waals surface area (Å²) in [5, 5.41) is 0. The molecule has 2 aliphatic heterocycles. The number of hydrogen-bond acceptors (Lipinski definition) is 3. The molecule has 2 saturated heterocycles. The predicted molar refractivity (Wildman–Crippen MR) is 61.7 cm³/mol. The minimum absolute atomic E-state index is 0.269. The fourth-order valence-corrected chi connectivity index (χ4v) is 2.64. The molecule has 2 rings (SSSR count). The van der Waals surface area contributed by atoms with E-state index in [2.05, 4.69) is 11.8 Å². The van der Waals surface area contributed by atoms with Crippen LogP contribution >= 0.6 is 0 Å². The number of likely N-dealkylation sites (tertiary alicyclic amines) is 1. The third-order valence-corrected chi connectivity index (χ3v) is 3.85. The Balaban J connectivity index is 1.78. The number of hydrogen-bond donors (Lipinski definition) is 1. The van der Waals surface area contributed by atoms with Gasteiger partial charge in [0.15, 0.2) is 0 Å². The zero-order valence-electron chi connectivity index (χ0n) is 9.82. The summed E-state index contributed by atoms with van der Waals surface area (Å²) in [5.41, 5.74) is 6.01. The van der Waals surface area contributed by atoms with Gasteiger partial charge in [-0.2, -0.15) is 0 Å². The third-order valence-electron chi connectivity index (χ3n) is 3.85. The summed E-state index contributed by atoms with van der Waals surface area (Å²) in [5.74, 6) is 1.47. The molecule has 0 spiro atoms. The van der Waals surface area contributed by atoms with Crippen molar-refractivity contribution in [2.45, 2.75) is 32.2 Å². The third kappa shape index (κ3) is 3.16. The zero-order chi connectivity index (χ0) is 10.7. The standard InChI is InChI=1S/C12H24N2O/c1-10-3-2-5-14(6-4-10)7-11-8-15-9-12(11)13/h10-12H,2-9,13H2,1H3. The van der Waals surface area contributed by atoms with E-state index in [9.17, 15) is 0 Å². The van der Waals surface area contributed by atoms with Crippen LogP contribution in [0, 0.1) is 11.8 Å². The maximum Gasteiger partial charge on any atom is 0.0621 e. The van der Waals surface area contributed by atoms with Crippen molar-refractivity contribution in [1.82, 2.24) is 4.90 Å². The Hall–Kier alpha value is -0.120. The van der Waals surface area contributed by atoms with Crippen LogP contribution < -0.4 is 5.73 Å². The lowest BCUT2D eigenvalue weighted by molar-refractivity contribution is 0.168. The monoisotopic (exact) mass is 212 g/mol. The van der Waals surface area contributed by atoms with Gasteiger partial charge in [-0.05, 0) is 38.3 Å². The topological polar surface area (TPSA) is 38.5 Å². The van der Waals surface area contributed by atoms with E-state index in [1.165, 1.54) is 32.4 Å². The van der Waals surface area contributed by atoms with Gasteiger partial charge in [0.05, 0.1) is 13.2 Å². The van der Waals surface area contributed by atoms with Gasteiger partial charge in [-0.25, -0.2) is 0 Å². The Labute approximate surface area is 93.0 Å². The molecular weight excluding hydrogens is 188 g/mol. The van der Waals surface area contributed by atoms with Gasteiger partial charge in [-0.15, -0.1) is 0 Å². The summed E-state index contributed by atoms with van der Waals surface area (Å²) < 4.78 is 5.41. The van der Waals surface area contributed by atoms with E-state index >= 15 is 0 Å². The van der Waals surface area contributed by atoms with E-state index in [0.29, 0.717) is 5.92 Å². The van der Waals surface area contributed by atoms with Crippen LogP contribution in [-0.2, 0) is 4.74 Å². The van der Waals surface area contributed by atoms with Crippen molar-refractivity contribution in [1.29, 1.82) is 0 Å². The Morgan fingerprint density at radius 2 is 2.13 bits per heavy atom. The Morgan fingerprint density at radius 1 is 1.27 bits per heavy atom. The van der Waals surface area contributed by atoms with Gasteiger partial charge >= 0.3 is 0 Å². The van der Waals surface area contributed by atoms with Gasteiger partial charge < -0.3 is 15.4 Å². The molecule has 0 saturated carbocycles. The number of ether oxygens (including phenoxy) is 1. The van der Waals surface area contributed by atoms with E-state index in [1.54, 1.807) is 0 Å². The first kappa shape index (κ1) is 11.4. The van der Waals surface area contributed by atoms with Crippen LogP contribution in [0.2, 0.25) is 0 Å². The smallest absolute Gasteiger partial charge is 0.0621 e. The molecule has 0 aliphatic carbocycles. The molecule has 0 aromatic rings. The highest BCUT2D eigenvalue weighted by molar-refractivity contribution is 4.81. The molecule has 3 heteroatoms. The molecule has 3 atom stereocenters. The van der Waals surface area contributed by atoms with Gasteiger partial charge in [0.2, 0.25) is 0 Å². The van der Waals surface area contributed by atoms with Crippen molar-refractivity contribution >= 4 is 0 Å². The summed E-state index contributed by atoms with van der Waals surface area (Å²) in [6.07, 6.45) is 4.09. The van der Waals surface area contributed by atoms with E-state index < -0.39 is 0 Å². The zero-order valence-corrected chi connectivity index (χ0v) is 9.82. The highest BCUT2D eigenvalue weighted by Gasteiger charge is 2.27. The fourth-order valence-electron chi connectivity index (χ4n) is 2.64. The molecule has 88 valence electrons. The summed E-state index contributed by atoms with van der Waals surface area (Å²) in [6, 6.07) is 0.269. The molecule has 0 radical (unpaired) electrons. The molecule has 2 aliphatic rings. The van der Waals surface area contributed by atoms with Crippen LogP contribution in [0.5, 0.6) is 0 Å². The Kier molecular flexibility index (Phi) is 4.00. The predicted octanol–water partition coefficient (Wildman–Crippen LogP) is 1.08. The Bertz CT molecular complexity index is 198. The van der Waals surface area contributed by atoms with Gasteiger partial charge in [0.25, 0.3) is 0 Å². The molecule has 0 aromatic carbocycles. The first-order chi connectivity index (χ1) is 7.25. The summed E-state index contributed by atoms with van der Waals surface area (Å²) in [6.45, 7) is 7.65. The SMILES string of the molecule is CC1CCCN(CC2COCC2N)CC1. The summed E-state index contributed by atoms with van der Waals surface area (Å²) >= 11 is 0. The maximum atomic E-state index is 6.01. The van der Waals surface area contributed by atoms with E-state index in [1.807, 2.05) is 0 Å². The first-order valence-electron chi connectivity index (χ1n) is 6.31. The molecule has 0 bridgehead atoms. The molecule has 2 heterocycles. The second-order valence-electron chi connectivity index (χ2n) is 5.30. The molecule has 15 heavy (non-hydrogen) atoms. The molecule has 3 unspecified atom stereocenters.